The molecule has 3 aliphatic heterocycles. The summed E-state index contributed by atoms with van der Waals surface area (Å²) >= 11 is 0. The Bertz CT molecular complexity index is 944. The third kappa shape index (κ3) is 2.28. The number of aromatic nitrogens is 1. The molecule has 3 aliphatic rings. The van der Waals surface area contributed by atoms with E-state index in [0.717, 1.165) is 37.9 Å². The Kier molecular flexibility index (Phi) is 3.92. The number of fused-ring (bicyclic) bond motifs is 3. The van der Waals surface area contributed by atoms with Crippen LogP contribution in [0.25, 0.3) is 16.6 Å². The molecule has 0 radical (unpaired) electrons. The molecule has 27 heavy (non-hydrogen) atoms. The number of carbonyl (C=O) groups is 1. The molecule has 5 rings (SSSR count). The number of piperidine rings is 1. The molecule has 1 aromatic heterocycles. The minimum Gasteiger partial charge on any atom is -0.434 e. The zero-order chi connectivity index (χ0) is 18.6. The maximum Gasteiger partial charge on any atom is 0.357 e. The fourth-order valence-corrected chi connectivity index (χ4v) is 5.62. The van der Waals surface area contributed by atoms with E-state index in [1.807, 2.05) is 0 Å². The molecule has 5 nitrogen and oxygen atoms in total. The SMILES string of the molecule is CC[C@@]12C=C(C(=O)OCOC)n3c4c(c5ccccc53)CCN(CCC1)C42. The minimum absolute atomic E-state index is 0.000773. The average Bonchev–Trinajstić information content (AvgIpc) is 3.05. The Labute approximate surface area is 159 Å². The molecule has 1 fully saturated rings. The second-order valence-corrected chi connectivity index (χ2v) is 7.96. The fourth-order valence-electron chi connectivity index (χ4n) is 5.62. The molecule has 0 spiro atoms. The lowest BCUT2D eigenvalue weighted by Crippen LogP contribution is -2.51. The molecule has 4 heterocycles. The van der Waals surface area contributed by atoms with Gasteiger partial charge in [-0.05, 0) is 49.9 Å². The lowest BCUT2D eigenvalue weighted by Gasteiger charge is -2.53. The van der Waals surface area contributed by atoms with Gasteiger partial charge in [0, 0.05) is 30.1 Å². The molecule has 0 N–H and O–H groups in total. The molecular formula is C22H26N2O3. The largest absolute Gasteiger partial charge is 0.434 e. The van der Waals surface area contributed by atoms with Gasteiger partial charge in [-0.15, -0.1) is 0 Å². The summed E-state index contributed by atoms with van der Waals surface area (Å²) < 4.78 is 12.6. The molecule has 2 atom stereocenters. The van der Waals surface area contributed by atoms with Crippen molar-refractivity contribution in [1.29, 1.82) is 0 Å². The smallest absolute Gasteiger partial charge is 0.357 e. The Morgan fingerprint density at radius 1 is 1.30 bits per heavy atom. The number of hydrogen-bond donors (Lipinski definition) is 0. The number of esters is 1. The van der Waals surface area contributed by atoms with Crippen LogP contribution in [-0.2, 0) is 20.7 Å². The Morgan fingerprint density at radius 2 is 2.15 bits per heavy atom. The zero-order valence-electron chi connectivity index (χ0n) is 16.0. The van der Waals surface area contributed by atoms with Crippen molar-refractivity contribution >= 4 is 22.6 Å². The van der Waals surface area contributed by atoms with Crippen molar-refractivity contribution in [2.75, 3.05) is 27.0 Å². The van der Waals surface area contributed by atoms with E-state index in [2.05, 4.69) is 46.7 Å². The van der Waals surface area contributed by atoms with Gasteiger partial charge in [-0.25, -0.2) is 4.79 Å². The van der Waals surface area contributed by atoms with Crippen LogP contribution in [0.1, 0.15) is 43.5 Å². The quantitative estimate of drug-likeness (QED) is 0.611. The predicted octanol–water partition coefficient (Wildman–Crippen LogP) is 3.73. The van der Waals surface area contributed by atoms with Gasteiger partial charge < -0.3 is 14.0 Å². The second kappa shape index (κ2) is 6.21. The zero-order valence-corrected chi connectivity index (χ0v) is 16.0. The van der Waals surface area contributed by atoms with Crippen LogP contribution in [0.5, 0.6) is 0 Å². The van der Waals surface area contributed by atoms with Crippen LogP contribution in [0.2, 0.25) is 0 Å². The van der Waals surface area contributed by atoms with Crippen molar-refractivity contribution in [3.63, 3.8) is 0 Å². The number of methoxy groups -OCH3 is 1. The number of hydrogen-bond acceptors (Lipinski definition) is 4. The normalized spacial score (nSPS) is 26.6. The topological polar surface area (TPSA) is 43.7 Å². The van der Waals surface area contributed by atoms with Gasteiger partial charge in [0.1, 0.15) is 5.70 Å². The van der Waals surface area contributed by atoms with E-state index in [0.29, 0.717) is 11.7 Å². The summed E-state index contributed by atoms with van der Waals surface area (Å²) in [5.41, 5.74) is 4.50. The van der Waals surface area contributed by atoms with E-state index in [1.54, 1.807) is 0 Å². The summed E-state index contributed by atoms with van der Waals surface area (Å²) in [6.45, 7) is 4.48. The Morgan fingerprint density at radius 3 is 2.96 bits per heavy atom. The molecular weight excluding hydrogens is 340 g/mol. The van der Waals surface area contributed by atoms with Gasteiger partial charge >= 0.3 is 5.97 Å². The molecule has 142 valence electrons. The van der Waals surface area contributed by atoms with E-state index in [-0.39, 0.29) is 18.2 Å². The van der Waals surface area contributed by atoms with Gasteiger partial charge in [-0.1, -0.05) is 25.1 Å². The molecule has 1 saturated heterocycles. The van der Waals surface area contributed by atoms with Gasteiger partial charge in [0.15, 0.2) is 6.79 Å². The molecule has 5 heteroatoms. The first-order valence-corrected chi connectivity index (χ1v) is 9.96. The molecule has 1 unspecified atom stereocenters. The standard InChI is InChI=1S/C22H26N2O3/c1-3-22-10-6-11-23-12-9-16-15-7-4-5-8-17(15)24(19(16)20(22)23)18(13-22)21(25)27-14-26-2/h4-5,7-8,13,20H,3,6,9-12,14H2,1-2H3/t20?,22-/m0/s1. The number of ether oxygens (including phenoxy) is 2. The van der Waals surface area contributed by atoms with Gasteiger partial charge in [0.05, 0.1) is 11.6 Å². The van der Waals surface area contributed by atoms with Gasteiger partial charge in [-0.2, -0.15) is 0 Å². The fraction of sp³-hybridized carbons (Fsp3) is 0.500. The van der Waals surface area contributed by atoms with Crippen molar-refractivity contribution in [2.24, 2.45) is 5.41 Å². The van der Waals surface area contributed by atoms with Crippen molar-refractivity contribution in [3.05, 3.63) is 41.6 Å². The van der Waals surface area contributed by atoms with Crippen molar-refractivity contribution in [2.45, 2.75) is 38.6 Å². The maximum atomic E-state index is 13.0. The molecule has 0 bridgehead atoms. The van der Waals surface area contributed by atoms with Gasteiger partial charge in [-0.3, -0.25) is 4.90 Å². The summed E-state index contributed by atoms with van der Waals surface area (Å²) in [5, 5.41) is 1.27. The highest BCUT2D eigenvalue weighted by Crippen LogP contribution is 2.57. The first-order chi connectivity index (χ1) is 13.2. The van der Waals surface area contributed by atoms with Crippen LogP contribution >= 0.6 is 0 Å². The predicted molar refractivity (Wildman–Crippen MR) is 104 cm³/mol. The highest BCUT2D eigenvalue weighted by Gasteiger charge is 2.51. The van der Waals surface area contributed by atoms with E-state index in [9.17, 15) is 4.79 Å². The van der Waals surface area contributed by atoms with Crippen LogP contribution < -0.4 is 0 Å². The summed E-state index contributed by atoms with van der Waals surface area (Å²) in [7, 11) is 1.54. The first kappa shape index (κ1) is 17.0. The summed E-state index contributed by atoms with van der Waals surface area (Å²) in [6.07, 6.45) is 6.58. The number of benzene rings is 1. The van der Waals surface area contributed by atoms with Gasteiger partial charge in [0.25, 0.3) is 0 Å². The van der Waals surface area contributed by atoms with E-state index in [4.69, 9.17) is 9.47 Å². The average molecular weight is 366 g/mol. The van der Waals surface area contributed by atoms with Crippen LogP contribution in [0.4, 0.5) is 0 Å². The molecule has 0 aliphatic carbocycles. The third-order valence-corrected chi connectivity index (χ3v) is 6.77. The first-order valence-electron chi connectivity index (χ1n) is 9.96. The van der Waals surface area contributed by atoms with Crippen molar-refractivity contribution in [3.8, 4) is 0 Å². The molecule has 0 amide bonds. The number of para-hydroxylation sites is 1. The molecule has 0 saturated carbocycles. The highest BCUT2D eigenvalue weighted by molar-refractivity contribution is 6.13. The number of carbonyl (C=O) groups excluding carboxylic acids is 1. The van der Waals surface area contributed by atoms with Crippen molar-refractivity contribution < 1.29 is 14.3 Å². The van der Waals surface area contributed by atoms with Crippen LogP contribution in [0.3, 0.4) is 0 Å². The van der Waals surface area contributed by atoms with Crippen LogP contribution in [-0.4, -0.2) is 42.4 Å². The van der Waals surface area contributed by atoms with Crippen LogP contribution in [0.15, 0.2) is 30.3 Å². The van der Waals surface area contributed by atoms with E-state index < -0.39 is 0 Å². The summed E-state index contributed by atoms with van der Waals surface area (Å²) in [6, 6.07) is 8.82. The summed E-state index contributed by atoms with van der Waals surface area (Å²) in [4.78, 5) is 15.6. The second-order valence-electron chi connectivity index (χ2n) is 7.96. The number of nitrogens with zero attached hydrogens (tertiary/aromatic N) is 2. The minimum atomic E-state index is -0.297. The monoisotopic (exact) mass is 366 g/mol. The Hall–Kier alpha value is -2.11. The van der Waals surface area contributed by atoms with Crippen LogP contribution in [0, 0.1) is 5.41 Å². The maximum absolute atomic E-state index is 13.0. The third-order valence-electron chi connectivity index (χ3n) is 6.77. The lowest BCUT2D eigenvalue weighted by atomic mass is 9.66. The number of rotatable bonds is 4. The van der Waals surface area contributed by atoms with Crippen molar-refractivity contribution in [1.82, 2.24) is 9.47 Å². The molecule has 2 aromatic rings. The summed E-state index contributed by atoms with van der Waals surface area (Å²) in [5.74, 6) is -0.297. The van der Waals surface area contributed by atoms with E-state index in [1.165, 1.54) is 30.2 Å². The van der Waals surface area contributed by atoms with E-state index >= 15 is 0 Å². The van der Waals surface area contributed by atoms with Gasteiger partial charge in [0.2, 0.25) is 0 Å². The Balaban J connectivity index is 1.79. The lowest BCUT2D eigenvalue weighted by molar-refractivity contribution is -0.147. The highest BCUT2D eigenvalue weighted by atomic mass is 16.7. The molecule has 1 aromatic carbocycles.